The maximum atomic E-state index is 14.8. The third-order valence-corrected chi connectivity index (χ3v) is 5.90. The van der Waals surface area contributed by atoms with Gasteiger partial charge in [0.05, 0.1) is 5.39 Å². The first kappa shape index (κ1) is 19.8. The van der Waals surface area contributed by atoms with Crippen molar-refractivity contribution in [2.75, 3.05) is 0 Å². The van der Waals surface area contributed by atoms with E-state index in [-0.39, 0.29) is 22.4 Å². The summed E-state index contributed by atoms with van der Waals surface area (Å²) < 4.78 is 84.8. The van der Waals surface area contributed by atoms with E-state index in [2.05, 4.69) is 6.92 Å². The average molecular weight is 408 g/mol. The number of benzene rings is 3. The van der Waals surface area contributed by atoms with E-state index in [1.807, 2.05) is 0 Å². The van der Waals surface area contributed by atoms with Crippen LogP contribution < -0.4 is 0 Å². The maximum absolute atomic E-state index is 14.8. The van der Waals surface area contributed by atoms with Crippen molar-refractivity contribution in [1.29, 1.82) is 0 Å². The zero-order valence-electron chi connectivity index (χ0n) is 15.6. The van der Waals surface area contributed by atoms with Gasteiger partial charge in [0.15, 0.2) is 29.1 Å². The molecule has 0 aliphatic heterocycles. The van der Waals surface area contributed by atoms with Gasteiger partial charge in [0.25, 0.3) is 0 Å². The van der Waals surface area contributed by atoms with Gasteiger partial charge in [-0.3, -0.25) is 0 Å². The summed E-state index contributed by atoms with van der Waals surface area (Å²) in [7, 11) is 0. The van der Waals surface area contributed by atoms with Gasteiger partial charge in [-0.05, 0) is 59.4 Å². The summed E-state index contributed by atoms with van der Waals surface area (Å²) in [5, 5.41) is -1.01. The number of halogens is 6. The van der Waals surface area contributed by atoms with Crippen molar-refractivity contribution < 1.29 is 26.3 Å². The molecule has 152 valence electrons. The molecule has 4 rings (SSSR count). The Hall–Kier alpha value is -2.50. The molecule has 0 unspecified atom stereocenters. The predicted octanol–water partition coefficient (Wildman–Crippen LogP) is 7.64. The lowest BCUT2D eigenvalue weighted by Gasteiger charge is -2.27. The fourth-order valence-corrected chi connectivity index (χ4v) is 4.22. The highest BCUT2D eigenvalue weighted by molar-refractivity contribution is 5.88. The molecule has 1 aliphatic rings. The first-order valence-corrected chi connectivity index (χ1v) is 9.53. The molecule has 0 amide bonds. The second-order valence-electron chi connectivity index (χ2n) is 7.83. The molecule has 0 bridgehead atoms. The van der Waals surface area contributed by atoms with Crippen LogP contribution in [0.2, 0.25) is 0 Å². The van der Waals surface area contributed by atoms with Crippen LogP contribution in [-0.2, 0) is 0 Å². The van der Waals surface area contributed by atoms with Gasteiger partial charge in [-0.25, -0.2) is 26.3 Å². The van der Waals surface area contributed by atoms with Crippen LogP contribution in [0.3, 0.4) is 0 Å². The van der Waals surface area contributed by atoms with Crippen molar-refractivity contribution in [3.63, 3.8) is 0 Å². The molecule has 0 saturated heterocycles. The van der Waals surface area contributed by atoms with Gasteiger partial charge in [0, 0.05) is 5.56 Å². The van der Waals surface area contributed by atoms with E-state index in [4.69, 9.17) is 0 Å². The summed E-state index contributed by atoms with van der Waals surface area (Å²) in [6.07, 6.45) is 3.42. The molecule has 0 atom stereocenters. The fourth-order valence-electron chi connectivity index (χ4n) is 4.22. The van der Waals surface area contributed by atoms with Crippen LogP contribution in [0.15, 0.2) is 30.3 Å². The minimum atomic E-state index is -1.78. The standard InChI is InChI=1S/C23H18F6/c1-11-2-4-12(5-3-11)15-6-7-16(21(27)20(15)26)13-8-14-10-18(25)22(28)23(29)19(14)17(24)9-13/h6-12H,2-5H2,1H3. The van der Waals surface area contributed by atoms with Crippen LogP contribution in [0, 0.1) is 40.8 Å². The Kier molecular flexibility index (Phi) is 5.05. The lowest BCUT2D eigenvalue weighted by atomic mass is 9.79. The van der Waals surface area contributed by atoms with Crippen LogP contribution in [0.1, 0.15) is 44.1 Å². The lowest BCUT2D eigenvalue weighted by molar-refractivity contribution is 0.339. The van der Waals surface area contributed by atoms with E-state index in [0.717, 1.165) is 37.8 Å². The molecular weight excluding hydrogens is 390 g/mol. The summed E-state index contributed by atoms with van der Waals surface area (Å²) in [6.45, 7) is 2.13. The zero-order chi connectivity index (χ0) is 20.9. The molecule has 6 heteroatoms. The normalized spacial score (nSPS) is 19.7. The number of hydrogen-bond donors (Lipinski definition) is 0. The SMILES string of the molecule is CC1CCC(c2ccc(-c3cc(F)c4c(F)c(F)c(F)cc4c3)c(F)c2F)CC1. The maximum Gasteiger partial charge on any atom is 0.195 e. The fraction of sp³-hybridized carbons (Fsp3) is 0.304. The Balaban J connectivity index is 1.80. The largest absolute Gasteiger partial charge is 0.206 e. The molecule has 0 nitrogen and oxygen atoms in total. The van der Waals surface area contributed by atoms with E-state index < -0.39 is 40.3 Å². The van der Waals surface area contributed by atoms with Crippen molar-refractivity contribution in [3.05, 3.63) is 70.8 Å². The smallest absolute Gasteiger partial charge is 0.195 e. The zero-order valence-corrected chi connectivity index (χ0v) is 15.6. The molecule has 0 aromatic heterocycles. The van der Waals surface area contributed by atoms with Crippen LogP contribution in [-0.4, -0.2) is 0 Å². The third-order valence-electron chi connectivity index (χ3n) is 5.90. The number of rotatable bonds is 2. The molecule has 0 spiro atoms. The third kappa shape index (κ3) is 3.38. The van der Waals surface area contributed by atoms with E-state index in [9.17, 15) is 26.3 Å². The van der Waals surface area contributed by atoms with Gasteiger partial charge in [-0.15, -0.1) is 0 Å². The van der Waals surface area contributed by atoms with E-state index in [0.29, 0.717) is 17.5 Å². The summed E-state index contributed by atoms with van der Waals surface area (Å²) in [5.41, 5.74) is -0.0134. The van der Waals surface area contributed by atoms with Gasteiger partial charge >= 0.3 is 0 Å². The Labute approximate surface area is 164 Å². The molecule has 0 N–H and O–H groups in total. The minimum absolute atomic E-state index is 0.0748. The summed E-state index contributed by atoms with van der Waals surface area (Å²) in [5.74, 6) is -7.75. The van der Waals surface area contributed by atoms with Crippen LogP contribution in [0.5, 0.6) is 0 Å². The van der Waals surface area contributed by atoms with E-state index >= 15 is 0 Å². The van der Waals surface area contributed by atoms with Crippen LogP contribution in [0.4, 0.5) is 26.3 Å². The van der Waals surface area contributed by atoms with Gasteiger partial charge in [-0.2, -0.15) is 0 Å². The van der Waals surface area contributed by atoms with Crippen molar-refractivity contribution in [1.82, 2.24) is 0 Å². The Morgan fingerprint density at radius 3 is 2.07 bits per heavy atom. The summed E-state index contributed by atoms with van der Waals surface area (Å²) in [6, 6.07) is 5.38. The topological polar surface area (TPSA) is 0 Å². The second kappa shape index (κ2) is 7.39. The molecule has 0 heterocycles. The second-order valence-corrected chi connectivity index (χ2v) is 7.83. The molecule has 29 heavy (non-hydrogen) atoms. The molecule has 0 radical (unpaired) electrons. The lowest BCUT2D eigenvalue weighted by Crippen LogP contribution is -2.13. The highest BCUT2D eigenvalue weighted by Gasteiger charge is 2.26. The van der Waals surface area contributed by atoms with E-state index in [1.54, 1.807) is 0 Å². The monoisotopic (exact) mass is 408 g/mol. The highest BCUT2D eigenvalue weighted by Crippen LogP contribution is 2.39. The summed E-state index contributed by atoms with van der Waals surface area (Å²) >= 11 is 0. The van der Waals surface area contributed by atoms with Crippen molar-refractivity contribution in [2.45, 2.75) is 38.5 Å². The van der Waals surface area contributed by atoms with Gasteiger partial charge in [0.2, 0.25) is 0 Å². The first-order chi connectivity index (χ1) is 13.8. The van der Waals surface area contributed by atoms with Gasteiger partial charge < -0.3 is 0 Å². The highest BCUT2D eigenvalue weighted by atomic mass is 19.2. The molecule has 1 fully saturated rings. The van der Waals surface area contributed by atoms with Gasteiger partial charge in [0.1, 0.15) is 5.82 Å². The number of hydrogen-bond acceptors (Lipinski definition) is 0. The quantitative estimate of drug-likeness (QED) is 0.302. The average Bonchev–Trinajstić information content (AvgIpc) is 2.68. The molecular formula is C23H18F6. The van der Waals surface area contributed by atoms with Crippen molar-refractivity contribution >= 4 is 10.8 Å². The molecule has 1 saturated carbocycles. The Morgan fingerprint density at radius 2 is 1.38 bits per heavy atom. The predicted molar refractivity (Wildman–Crippen MR) is 99.5 cm³/mol. The van der Waals surface area contributed by atoms with Crippen LogP contribution >= 0.6 is 0 Å². The molecule has 3 aromatic carbocycles. The molecule has 1 aliphatic carbocycles. The van der Waals surface area contributed by atoms with Crippen LogP contribution in [0.25, 0.3) is 21.9 Å². The van der Waals surface area contributed by atoms with E-state index in [1.165, 1.54) is 12.1 Å². The molecule has 3 aromatic rings. The number of fused-ring (bicyclic) bond motifs is 1. The van der Waals surface area contributed by atoms with Gasteiger partial charge in [-0.1, -0.05) is 31.9 Å². The first-order valence-electron chi connectivity index (χ1n) is 9.53. The van der Waals surface area contributed by atoms with Crippen molar-refractivity contribution in [3.8, 4) is 11.1 Å². The Bertz CT molecular complexity index is 1100. The minimum Gasteiger partial charge on any atom is -0.206 e. The van der Waals surface area contributed by atoms with Crippen molar-refractivity contribution in [2.24, 2.45) is 5.92 Å². The Morgan fingerprint density at radius 1 is 0.690 bits per heavy atom. The summed E-state index contributed by atoms with van der Waals surface area (Å²) in [4.78, 5) is 0.